The van der Waals surface area contributed by atoms with Crippen molar-refractivity contribution in [3.8, 4) is 0 Å². The van der Waals surface area contributed by atoms with Gasteiger partial charge in [-0.25, -0.2) is 10.8 Å². The van der Waals surface area contributed by atoms with E-state index in [9.17, 15) is 0 Å². The summed E-state index contributed by atoms with van der Waals surface area (Å²) in [6.45, 7) is 1.99. The summed E-state index contributed by atoms with van der Waals surface area (Å²) in [5.41, 5.74) is 3.38. The Morgan fingerprint density at radius 2 is 2.53 bits per heavy atom. The van der Waals surface area contributed by atoms with Crippen molar-refractivity contribution < 1.29 is 9.47 Å². The van der Waals surface area contributed by atoms with E-state index in [0.717, 1.165) is 18.7 Å². The summed E-state index contributed by atoms with van der Waals surface area (Å²) in [6.07, 6.45) is 1.18. The van der Waals surface area contributed by atoms with Crippen LogP contribution < -0.4 is 11.3 Å². The van der Waals surface area contributed by atoms with E-state index in [4.69, 9.17) is 15.3 Å². The molecule has 1 aliphatic rings. The van der Waals surface area contributed by atoms with E-state index in [1.807, 2.05) is 18.2 Å². The molecule has 0 aromatic carbocycles. The van der Waals surface area contributed by atoms with Gasteiger partial charge in [0.25, 0.3) is 0 Å². The van der Waals surface area contributed by atoms with Crippen molar-refractivity contribution in [2.75, 3.05) is 18.6 Å². The summed E-state index contributed by atoms with van der Waals surface area (Å²) in [7, 11) is 0. The van der Waals surface area contributed by atoms with Crippen LogP contribution in [0.5, 0.6) is 0 Å². The summed E-state index contributed by atoms with van der Waals surface area (Å²) in [6, 6.07) is 5.62. The van der Waals surface area contributed by atoms with E-state index in [1.165, 1.54) is 0 Å². The predicted octanol–water partition coefficient (Wildman–Crippen LogP) is 0.673. The number of aromatic nitrogens is 1. The average Bonchev–Trinajstić information content (AvgIpc) is 2.79. The van der Waals surface area contributed by atoms with Crippen LogP contribution in [-0.2, 0) is 16.1 Å². The summed E-state index contributed by atoms with van der Waals surface area (Å²) in [5, 5.41) is 0. The molecule has 3 N–H and O–H groups in total. The molecular weight excluding hydrogens is 194 g/mol. The molecule has 1 saturated heterocycles. The Kier molecular flexibility index (Phi) is 3.49. The molecule has 5 nitrogen and oxygen atoms in total. The van der Waals surface area contributed by atoms with E-state index >= 15 is 0 Å². The van der Waals surface area contributed by atoms with Crippen molar-refractivity contribution >= 4 is 5.82 Å². The summed E-state index contributed by atoms with van der Waals surface area (Å²) in [4.78, 5) is 4.25. The van der Waals surface area contributed by atoms with Gasteiger partial charge >= 0.3 is 0 Å². The molecule has 2 heterocycles. The Morgan fingerprint density at radius 3 is 3.27 bits per heavy atom. The molecule has 1 aromatic heterocycles. The van der Waals surface area contributed by atoms with Crippen LogP contribution in [0.15, 0.2) is 18.2 Å². The molecule has 2 rings (SSSR count). The van der Waals surface area contributed by atoms with Crippen LogP contribution in [0.3, 0.4) is 0 Å². The quantitative estimate of drug-likeness (QED) is 0.563. The molecule has 0 amide bonds. The first-order chi connectivity index (χ1) is 7.38. The van der Waals surface area contributed by atoms with Crippen LogP contribution in [0.2, 0.25) is 0 Å². The highest BCUT2D eigenvalue weighted by Crippen LogP contribution is 2.11. The maximum atomic E-state index is 5.63. The van der Waals surface area contributed by atoms with Crippen molar-refractivity contribution in [1.82, 2.24) is 4.98 Å². The number of hydrogen-bond acceptors (Lipinski definition) is 5. The molecule has 1 aliphatic heterocycles. The molecule has 0 saturated carbocycles. The zero-order valence-electron chi connectivity index (χ0n) is 8.48. The number of nitrogen functional groups attached to an aromatic ring is 1. The van der Waals surface area contributed by atoms with Gasteiger partial charge in [0.2, 0.25) is 0 Å². The van der Waals surface area contributed by atoms with Gasteiger partial charge in [-0.2, -0.15) is 0 Å². The van der Waals surface area contributed by atoms with Crippen LogP contribution in [0.4, 0.5) is 5.82 Å². The van der Waals surface area contributed by atoms with Gasteiger partial charge in [0.1, 0.15) is 5.82 Å². The zero-order valence-corrected chi connectivity index (χ0v) is 8.48. The normalized spacial score (nSPS) is 20.5. The van der Waals surface area contributed by atoms with Crippen molar-refractivity contribution in [2.45, 2.75) is 19.1 Å². The van der Waals surface area contributed by atoms with E-state index in [1.54, 1.807) is 0 Å². The number of rotatable bonds is 4. The molecule has 1 fully saturated rings. The molecule has 15 heavy (non-hydrogen) atoms. The third-order valence-electron chi connectivity index (χ3n) is 2.31. The van der Waals surface area contributed by atoms with Crippen LogP contribution >= 0.6 is 0 Å². The Labute approximate surface area is 88.6 Å². The molecule has 0 aliphatic carbocycles. The third-order valence-corrected chi connectivity index (χ3v) is 2.31. The highest BCUT2D eigenvalue weighted by Gasteiger charge is 2.15. The highest BCUT2D eigenvalue weighted by molar-refractivity contribution is 5.33. The molecule has 5 heteroatoms. The van der Waals surface area contributed by atoms with E-state index < -0.39 is 0 Å². The lowest BCUT2D eigenvalue weighted by molar-refractivity contribution is 0.0302. The topological polar surface area (TPSA) is 69.4 Å². The van der Waals surface area contributed by atoms with Gasteiger partial charge < -0.3 is 14.9 Å². The first-order valence-electron chi connectivity index (χ1n) is 5.00. The van der Waals surface area contributed by atoms with Gasteiger partial charge in [0.05, 0.1) is 25.0 Å². The summed E-state index contributed by atoms with van der Waals surface area (Å²) < 4.78 is 10.8. The minimum atomic E-state index is 0.210. The minimum absolute atomic E-state index is 0.210. The first kappa shape index (κ1) is 10.4. The number of pyridine rings is 1. The molecule has 0 bridgehead atoms. The average molecular weight is 209 g/mol. The number of hydrazine groups is 1. The van der Waals surface area contributed by atoms with Gasteiger partial charge in [-0.15, -0.1) is 0 Å². The lowest BCUT2D eigenvalue weighted by Crippen LogP contribution is -2.13. The number of nitrogens with zero attached hydrogens (tertiary/aromatic N) is 1. The number of nitrogens with one attached hydrogen (secondary N) is 1. The Bertz CT molecular complexity index is 313. The summed E-state index contributed by atoms with van der Waals surface area (Å²) in [5.74, 6) is 5.92. The fraction of sp³-hybridized carbons (Fsp3) is 0.500. The van der Waals surface area contributed by atoms with Crippen LogP contribution in [-0.4, -0.2) is 24.3 Å². The lowest BCUT2D eigenvalue weighted by atomic mass is 10.3. The van der Waals surface area contributed by atoms with Crippen LogP contribution in [0.1, 0.15) is 12.1 Å². The predicted molar refractivity (Wildman–Crippen MR) is 56.1 cm³/mol. The number of ether oxygens (including phenoxy) is 2. The number of anilines is 1. The molecule has 1 aromatic rings. The van der Waals surface area contributed by atoms with Gasteiger partial charge in [-0.05, 0) is 18.6 Å². The van der Waals surface area contributed by atoms with Gasteiger partial charge in [0, 0.05) is 6.61 Å². The standard InChI is InChI=1S/C10H15N3O2/c11-13-10-3-1-2-8(12-10)6-15-9-4-5-14-7-9/h1-3,9H,4-7,11H2,(H,12,13). The van der Waals surface area contributed by atoms with Gasteiger partial charge in [-0.3, -0.25) is 0 Å². The summed E-state index contributed by atoms with van der Waals surface area (Å²) >= 11 is 0. The molecule has 0 radical (unpaired) electrons. The smallest absolute Gasteiger partial charge is 0.140 e. The van der Waals surface area contributed by atoms with Crippen molar-refractivity contribution in [2.24, 2.45) is 5.84 Å². The van der Waals surface area contributed by atoms with Crippen molar-refractivity contribution in [3.05, 3.63) is 23.9 Å². The van der Waals surface area contributed by atoms with Crippen molar-refractivity contribution in [1.29, 1.82) is 0 Å². The fourth-order valence-electron chi connectivity index (χ4n) is 1.49. The second kappa shape index (κ2) is 5.06. The van der Waals surface area contributed by atoms with Crippen LogP contribution in [0, 0.1) is 0 Å². The Morgan fingerprint density at radius 1 is 1.60 bits per heavy atom. The Hall–Kier alpha value is -1.17. The third kappa shape index (κ3) is 2.89. The molecule has 82 valence electrons. The molecular formula is C10H15N3O2. The second-order valence-electron chi connectivity index (χ2n) is 3.46. The maximum Gasteiger partial charge on any atom is 0.140 e. The SMILES string of the molecule is NNc1cccc(COC2CCOC2)n1. The monoisotopic (exact) mass is 209 g/mol. The largest absolute Gasteiger partial charge is 0.379 e. The fourth-order valence-corrected chi connectivity index (χ4v) is 1.49. The van der Waals surface area contributed by atoms with Gasteiger partial charge in [0.15, 0.2) is 0 Å². The molecule has 0 spiro atoms. The Balaban J connectivity index is 1.86. The molecule has 1 atom stereocenters. The zero-order chi connectivity index (χ0) is 10.5. The van der Waals surface area contributed by atoms with Gasteiger partial charge in [-0.1, -0.05) is 6.07 Å². The van der Waals surface area contributed by atoms with E-state index in [-0.39, 0.29) is 6.10 Å². The first-order valence-corrected chi connectivity index (χ1v) is 5.00. The number of nitrogens with two attached hydrogens (primary N) is 1. The second-order valence-corrected chi connectivity index (χ2v) is 3.46. The van der Waals surface area contributed by atoms with Crippen molar-refractivity contribution in [3.63, 3.8) is 0 Å². The highest BCUT2D eigenvalue weighted by atomic mass is 16.5. The molecule has 1 unspecified atom stereocenters. The minimum Gasteiger partial charge on any atom is -0.379 e. The lowest BCUT2D eigenvalue weighted by Gasteiger charge is -2.09. The van der Waals surface area contributed by atoms with E-state index in [0.29, 0.717) is 19.0 Å². The maximum absolute atomic E-state index is 5.63. The number of hydrogen-bond donors (Lipinski definition) is 2. The van der Waals surface area contributed by atoms with Crippen LogP contribution in [0.25, 0.3) is 0 Å². The van der Waals surface area contributed by atoms with E-state index in [2.05, 4.69) is 10.4 Å².